The van der Waals surface area contributed by atoms with Crippen LogP contribution < -0.4 is 0 Å². The van der Waals surface area contributed by atoms with E-state index in [4.69, 9.17) is 4.52 Å². The van der Waals surface area contributed by atoms with Gasteiger partial charge in [0.2, 0.25) is 11.8 Å². The Morgan fingerprint density at radius 3 is 2.91 bits per heavy atom. The van der Waals surface area contributed by atoms with Gasteiger partial charge in [0.15, 0.2) is 0 Å². The molecule has 0 bridgehead atoms. The average Bonchev–Trinajstić information content (AvgIpc) is 2.91. The number of amides is 2. The van der Waals surface area contributed by atoms with Crippen molar-refractivity contribution < 1.29 is 14.1 Å². The van der Waals surface area contributed by atoms with Crippen molar-refractivity contribution in [1.82, 2.24) is 15.0 Å². The molecule has 2 aliphatic heterocycles. The highest BCUT2D eigenvalue weighted by Crippen LogP contribution is 2.36. The van der Waals surface area contributed by atoms with Gasteiger partial charge < -0.3 is 14.3 Å². The summed E-state index contributed by atoms with van der Waals surface area (Å²) >= 11 is 0. The Morgan fingerprint density at radius 1 is 1.39 bits per heavy atom. The highest BCUT2D eigenvalue weighted by Gasteiger charge is 2.41. The smallest absolute Gasteiger partial charge is 0.228 e. The van der Waals surface area contributed by atoms with E-state index in [-0.39, 0.29) is 23.8 Å². The summed E-state index contributed by atoms with van der Waals surface area (Å²) in [7, 11) is 0. The van der Waals surface area contributed by atoms with E-state index in [1.54, 1.807) is 0 Å². The molecular weight excluding hydrogens is 294 g/mol. The molecule has 2 atom stereocenters. The molecule has 1 saturated carbocycles. The lowest BCUT2D eigenvalue weighted by molar-refractivity contribution is -0.136. The van der Waals surface area contributed by atoms with E-state index < -0.39 is 0 Å². The standard InChI is InChI=1S/C17H23N3O3/c1-11-7-14(18-23-11)15-3-2-6-20(15)17(22)13-8-16(21)19(10-13)9-12-4-5-12/h7,12-13,15H,2-6,8-10H2,1H3/t13-,15+/m0/s1. The summed E-state index contributed by atoms with van der Waals surface area (Å²) in [5.74, 6) is 1.51. The molecule has 3 aliphatic rings. The number of carbonyl (C=O) groups excluding carboxylic acids is 2. The fraction of sp³-hybridized carbons (Fsp3) is 0.706. The molecule has 2 amide bonds. The summed E-state index contributed by atoms with van der Waals surface area (Å²) in [5, 5.41) is 4.09. The molecule has 3 fully saturated rings. The van der Waals surface area contributed by atoms with Crippen LogP contribution in [0.25, 0.3) is 0 Å². The summed E-state index contributed by atoms with van der Waals surface area (Å²) in [5.41, 5.74) is 0.840. The van der Waals surface area contributed by atoms with Crippen LogP contribution in [-0.4, -0.2) is 46.4 Å². The Morgan fingerprint density at radius 2 is 2.22 bits per heavy atom. The zero-order chi connectivity index (χ0) is 16.0. The zero-order valence-electron chi connectivity index (χ0n) is 13.5. The van der Waals surface area contributed by atoms with E-state index in [9.17, 15) is 9.59 Å². The Labute approximate surface area is 135 Å². The number of hydrogen-bond donors (Lipinski definition) is 0. The van der Waals surface area contributed by atoms with Crippen LogP contribution in [0.5, 0.6) is 0 Å². The topological polar surface area (TPSA) is 66.7 Å². The number of hydrogen-bond acceptors (Lipinski definition) is 4. The summed E-state index contributed by atoms with van der Waals surface area (Å²) in [4.78, 5) is 28.9. The zero-order valence-corrected chi connectivity index (χ0v) is 13.5. The molecule has 6 nitrogen and oxygen atoms in total. The molecule has 0 N–H and O–H groups in total. The first-order valence-electron chi connectivity index (χ1n) is 8.63. The van der Waals surface area contributed by atoms with Crippen LogP contribution in [0.3, 0.4) is 0 Å². The van der Waals surface area contributed by atoms with Crippen LogP contribution >= 0.6 is 0 Å². The lowest BCUT2D eigenvalue weighted by atomic mass is 10.1. The van der Waals surface area contributed by atoms with E-state index in [1.165, 1.54) is 12.8 Å². The minimum atomic E-state index is -0.185. The molecule has 0 radical (unpaired) electrons. The maximum absolute atomic E-state index is 12.9. The lowest BCUT2D eigenvalue weighted by Gasteiger charge is -2.26. The summed E-state index contributed by atoms with van der Waals surface area (Å²) < 4.78 is 5.16. The molecule has 1 aromatic rings. The first-order valence-corrected chi connectivity index (χ1v) is 8.63. The monoisotopic (exact) mass is 317 g/mol. The third-order valence-electron chi connectivity index (χ3n) is 5.26. The van der Waals surface area contributed by atoms with Crippen molar-refractivity contribution in [2.75, 3.05) is 19.6 Å². The van der Waals surface area contributed by atoms with Crippen LogP contribution in [0, 0.1) is 18.8 Å². The largest absolute Gasteiger partial charge is 0.361 e. The number of aryl methyl sites for hydroxylation is 1. The molecule has 0 spiro atoms. The molecule has 3 heterocycles. The molecule has 0 unspecified atom stereocenters. The number of aromatic nitrogens is 1. The first kappa shape index (κ1) is 14.7. The van der Waals surface area contributed by atoms with Crippen molar-refractivity contribution in [3.63, 3.8) is 0 Å². The summed E-state index contributed by atoms with van der Waals surface area (Å²) in [6, 6.07) is 1.92. The van der Waals surface area contributed by atoms with Crippen molar-refractivity contribution in [1.29, 1.82) is 0 Å². The van der Waals surface area contributed by atoms with Gasteiger partial charge in [-0.05, 0) is 38.5 Å². The minimum absolute atomic E-state index is 0.00698. The minimum Gasteiger partial charge on any atom is -0.361 e. The summed E-state index contributed by atoms with van der Waals surface area (Å²) in [6.07, 6.45) is 4.72. The Hall–Kier alpha value is -1.85. The molecule has 1 aliphatic carbocycles. The molecule has 6 heteroatoms. The van der Waals surface area contributed by atoms with Gasteiger partial charge in [-0.25, -0.2) is 0 Å². The highest BCUT2D eigenvalue weighted by molar-refractivity contribution is 5.89. The average molecular weight is 317 g/mol. The Bertz CT molecular complexity index is 622. The molecular formula is C17H23N3O3. The quantitative estimate of drug-likeness (QED) is 0.851. The third-order valence-corrected chi connectivity index (χ3v) is 5.26. The van der Waals surface area contributed by atoms with E-state index in [1.807, 2.05) is 22.8 Å². The van der Waals surface area contributed by atoms with Crippen molar-refractivity contribution in [3.8, 4) is 0 Å². The second kappa shape index (κ2) is 5.65. The number of rotatable bonds is 4. The molecule has 4 rings (SSSR count). The maximum atomic E-state index is 12.9. The van der Waals surface area contributed by atoms with Gasteiger partial charge in [0.05, 0.1) is 12.0 Å². The molecule has 2 saturated heterocycles. The van der Waals surface area contributed by atoms with Crippen LogP contribution in [0.15, 0.2) is 10.6 Å². The van der Waals surface area contributed by atoms with E-state index >= 15 is 0 Å². The second-order valence-electron chi connectivity index (χ2n) is 7.20. The fourth-order valence-corrected chi connectivity index (χ4v) is 3.84. The third kappa shape index (κ3) is 2.86. The van der Waals surface area contributed by atoms with E-state index in [2.05, 4.69) is 5.16 Å². The van der Waals surface area contributed by atoms with E-state index in [0.29, 0.717) is 18.9 Å². The van der Waals surface area contributed by atoms with Crippen molar-refractivity contribution in [3.05, 3.63) is 17.5 Å². The summed E-state index contributed by atoms with van der Waals surface area (Å²) in [6.45, 7) is 4.05. The van der Waals surface area contributed by atoms with Crippen molar-refractivity contribution >= 4 is 11.8 Å². The van der Waals surface area contributed by atoms with Gasteiger partial charge in [-0.3, -0.25) is 9.59 Å². The number of carbonyl (C=O) groups is 2. The Balaban J connectivity index is 1.44. The molecule has 124 valence electrons. The van der Waals surface area contributed by atoms with Gasteiger partial charge >= 0.3 is 0 Å². The predicted octanol–water partition coefficient (Wildman–Crippen LogP) is 1.91. The van der Waals surface area contributed by atoms with Crippen molar-refractivity contribution in [2.45, 2.75) is 45.1 Å². The lowest BCUT2D eigenvalue weighted by Crippen LogP contribution is -2.37. The van der Waals surface area contributed by atoms with Gasteiger partial charge in [0.1, 0.15) is 11.5 Å². The number of likely N-dealkylation sites (tertiary alicyclic amines) is 2. The molecule has 1 aromatic heterocycles. The van der Waals surface area contributed by atoms with Crippen LogP contribution in [-0.2, 0) is 9.59 Å². The van der Waals surface area contributed by atoms with Gasteiger partial charge in [-0.15, -0.1) is 0 Å². The van der Waals surface area contributed by atoms with Crippen molar-refractivity contribution in [2.24, 2.45) is 11.8 Å². The van der Waals surface area contributed by atoms with Gasteiger partial charge in [0.25, 0.3) is 0 Å². The Kier molecular flexibility index (Phi) is 3.62. The fourth-order valence-electron chi connectivity index (χ4n) is 3.84. The SMILES string of the molecule is Cc1cc([C@H]2CCCN2C(=O)[C@H]2CC(=O)N(CC3CC3)C2)no1. The normalized spacial score (nSPS) is 28.0. The molecule has 0 aromatic carbocycles. The maximum Gasteiger partial charge on any atom is 0.228 e. The second-order valence-corrected chi connectivity index (χ2v) is 7.20. The first-order chi connectivity index (χ1) is 11.1. The van der Waals surface area contributed by atoms with Gasteiger partial charge in [0, 0.05) is 32.1 Å². The predicted molar refractivity (Wildman–Crippen MR) is 82.3 cm³/mol. The van der Waals surface area contributed by atoms with Crippen LogP contribution in [0.4, 0.5) is 0 Å². The number of nitrogens with zero attached hydrogens (tertiary/aromatic N) is 3. The van der Waals surface area contributed by atoms with Gasteiger partial charge in [-0.1, -0.05) is 5.16 Å². The van der Waals surface area contributed by atoms with E-state index in [0.717, 1.165) is 37.4 Å². The van der Waals surface area contributed by atoms with Crippen LogP contribution in [0.1, 0.15) is 49.6 Å². The molecule has 23 heavy (non-hydrogen) atoms. The van der Waals surface area contributed by atoms with Gasteiger partial charge in [-0.2, -0.15) is 0 Å². The highest BCUT2D eigenvalue weighted by atomic mass is 16.5. The van der Waals surface area contributed by atoms with Crippen LogP contribution in [0.2, 0.25) is 0 Å².